The van der Waals surface area contributed by atoms with Gasteiger partial charge in [0.15, 0.2) is 13.5 Å². The number of nitrogens with zero attached hydrogens (tertiary/aromatic N) is 2. The van der Waals surface area contributed by atoms with E-state index in [2.05, 4.69) is 61.4 Å². The van der Waals surface area contributed by atoms with Crippen LogP contribution < -0.4 is 0 Å². The van der Waals surface area contributed by atoms with Crippen molar-refractivity contribution < 1.29 is 22.4 Å². The Morgan fingerprint density at radius 3 is 2.34 bits per heavy atom. The molecule has 1 aromatic carbocycles. The highest BCUT2D eigenvalue weighted by atomic mass is 127. The molecule has 4 nitrogen and oxygen atoms in total. The normalized spacial score (nSPS) is 26.7. The number of benzene rings is 1. The fourth-order valence-electron chi connectivity index (χ4n) is 3.82. The molecule has 0 saturated carbocycles. The second-order valence-corrected chi connectivity index (χ2v) is 16.9. The third-order valence-electron chi connectivity index (χ3n) is 6.64. The van der Waals surface area contributed by atoms with Gasteiger partial charge in [-0.25, -0.2) is 4.99 Å². The van der Waals surface area contributed by atoms with E-state index in [1.807, 2.05) is 6.92 Å². The number of alkyl halides is 4. The van der Waals surface area contributed by atoms with Gasteiger partial charge in [0.25, 0.3) is 0 Å². The summed E-state index contributed by atoms with van der Waals surface area (Å²) in [4.78, 5) is 19.5. The minimum atomic E-state index is -4.39. The second-order valence-electron chi connectivity index (χ2n) is 9.95. The summed E-state index contributed by atoms with van der Waals surface area (Å²) in [5.74, 6) is -0.223. The minimum Gasteiger partial charge on any atom is -0.413 e. The zero-order valence-corrected chi connectivity index (χ0v) is 23.1. The highest BCUT2D eigenvalue weighted by molar-refractivity contribution is 14.1. The first-order valence-electron chi connectivity index (χ1n) is 10.6. The van der Waals surface area contributed by atoms with Crippen LogP contribution >= 0.6 is 34.4 Å². The Hall–Kier alpha value is -0.593. The molecule has 0 aliphatic carbocycles. The Kier molecular flexibility index (Phi) is 7.50. The van der Waals surface area contributed by atoms with Crippen molar-refractivity contribution in [2.75, 3.05) is 4.43 Å². The van der Waals surface area contributed by atoms with Gasteiger partial charge >= 0.3 is 6.18 Å². The molecule has 1 amide bonds. The number of amides is 1. The molecular formula is C22H30F3IN2O2SSi. The maximum absolute atomic E-state index is 13.2. The van der Waals surface area contributed by atoms with Crippen molar-refractivity contribution in [3.05, 3.63) is 29.8 Å². The van der Waals surface area contributed by atoms with Crippen LogP contribution in [0.3, 0.4) is 0 Å². The van der Waals surface area contributed by atoms with Gasteiger partial charge < -0.3 is 4.43 Å². The van der Waals surface area contributed by atoms with Gasteiger partial charge in [-0.1, -0.05) is 55.1 Å². The number of rotatable bonds is 5. The van der Waals surface area contributed by atoms with E-state index in [1.54, 1.807) is 4.90 Å². The minimum absolute atomic E-state index is 0.00807. The Morgan fingerprint density at radius 2 is 1.84 bits per heavy atom. The van der Waals surface area contributed by atoms with Crippen LogP contribution in [0, 0.1) is 5.92 Å². The fourth-order valence-corrected chi connectivity index (χ4v) is 7.30. The molecule has 4 atom stereocenters. The van der Waals surface area contributed by atoms with E-state index in [-0.39, 0.29) is 29.0 Å². The van der Waals surface area contributed by atoms with Crippen molar-refractivity contribution in [3.8, 4) is 0 Å². The number of hydrogen-bond acceptors (Lipinski definition) is 4. The quantitative estimate of drug-likeness (QED) is 0.161. The smallest absolute Gasteiger partial charge is 0.413 e. The zero-order chi connectivity index (χ0) is 24.1. The van der Waals surface area contributed by atoms with Crippen LogP contribution in [0.1, 0.15) is 39.7 Å². The molecule has 0 aromatic heterocycles. The van der Waals surface area contributed by atoms with Crippen LogP contribution in [0.15, 0.2) is 29.3 Å². The van der Waals surface area contributed by atoms with Crippen LogP contribution in [0.25, 0.3) is 0 Å². The lowest BCUT2D eigenvalue weighted by atomic mass is 9.81. The van der Waals surface area contributed by atoms with Gasteiger partial charge in [0.2, 0.25) is 5.91 Å². The summed E-state index contributed by atoms with van der Waals surface area (Å²) in [6, 6.07) is 4.76. The van der Waals surface area contributed by atoms with Crippen molar-refractivity contribution in [1.29, 1.82) is 0 Å². The van der Waals surface area contributed by atoms with Crippen LogP contribution in [0.2, 0.25) is 18.1 Å². The average molecular weight is 599 g/mol. The molecule has 0 unspecified atom stereocenters. The molecule has 0 N–H and O–H groups in total. The number of β-lactam (4-membered cyclic amide) rings is 1. The largest absolute Gasteiger partial charge is 0.416 e. The van der Waals surface area contributed by atoms with Gasteiger partial charge in [-0.15, -0.1) is 0 Å². The van der Waals surface area contributed by atoms with Gasteiger partial charge in [-0.2, -0.15) is 13.2 Å². The number of aliphatic imine (C=N–C) groups is 1. The number of carbonyl (C=O) groups is 1. The molecule has 32 heavy (non-hydrogen) atoms. The standard InChI is InChI=1S/C22H30F3IN2O2SSi/c1-13(30-32(5,6)21(2,3)4)18-17-11-16(12-26)31-20(28(17)19(18)29)27-15-9-7-14(8-10-15)22(23,24)25/h7-10,13,16-18H,11-12H2,1-6H3/t13-,16+,17-,18-/m1/s1. The molecule has 10 heteroatoms. The van der Waals surface area contributed by atoms with Crippen LogP contribution in [-0.4, -0.2) is 46.1 Å². The van der Waals surface area contributed by atoms with Crippen molar-refractivity contribution in [3.63, 3.8) is 0 Å². The summed E-state index contributed by atoms with van der Waals surface area (Å²) < 4.78 is 46.0. The topological polar surface area (TPSA) is 41.9 Å². The lowest BCUT2D eigenvalue weighted by molar-refractivity contribution is -0.154. The monoisotopic (exact) mass is 598 g/mol. The Morgan fingerprint density at radius 1 is 1.25 bits per heavy atom. The summed E-state index contributed by atoms with van der Waals surface area (Å²) >= 11 is 3.86. The van der Waals surface area contributed by atoms with Crippen molar-refractivity contribution in [2.45, 2.75) is 75.8 Å². The maximum atomic E-state index is 13.2. The molecule has 0 bridgehead atoms. The molecule has 1 aromatic rings. The summed E-state index contributed by atoms with van der Waals surface area (Å²) in [6.45, 7) is 12.9. The lowest BCUT2D eigenvalue weighted by Gasteiger charge is -2.54. The summed E-state index contributed by atoms with van der Waals surface area (Å²) in [7, 11) is -2.02. The number of carbonyl (C=O) groups excluding carboxylic acids is 1. The first-order chi connectivity index (χ1) is 14.7. The van der Waals surface area contributed by atoms with E-state index in [0.717, 1.165) is 23.0 Å². The SMILES string of the molecule is C[C@@H](O[Si](C)(C)C(C)(C)C)[C@H]1C(=O)N2C(=Nc3ccc(C(F)(F)F)cc3)S[C@H](CI)C[C@H]12. The summed E-state index contributed by atoms with van der Waals surface area (Å²) in [5.41, 5.74) is -0.298. The molecule has 2 aliphatic rings. The van der Waals surface area contributed by atoms with Crippen LogP contribution in [0.5, 0.6) is 0 Å². The third kappa shape index (κ3) is 5.22. The third-order valence-corrected chi connectivity index (χ3v) is 14.1. The summed E-state index contributed by atoms with van der Waals surface area (Å²) in [6.07, 6.45) is -3.71. The van der Waals surface area contributed by atoms with E-state index in [4.69, 9.17) is 4.43 Å². The number of halogens is 4. The Labute approximate surface area is 207 Å². The average Bonchev–Trinajstić information content (AvgIpc) is 2.65. The van der Waals surface area contributed by atoms with Crippen molar-refractivity contribution >= 4 is 59.4 Å². The fraction of sp³-hybridized carbons (Fsp3) is 0.636. The highest BCUT2D eigenvalue weighted by Crippen LogP contribution is 2.46. The molecule has 2 heterocycles. The molecule has 178 valence electrons. The second kappa shape index (κ2) is 9.22. The Balaban J connectivity index is 1.82. The maximum Gasteiger partial charge on any atom is 0.416 e. The van der Waals surface area contributed by atoms with Gasteiger partial charge in [-0.05, 0) is 55.7 Å². The van der Waals surface area contributed by atoms with Crippen LogP contribution in [-0.2, 0) is 15.4 Å². The summed E-state index contributed by atoms with van der Waals surface area (Å²) in [5, 5.41) is 0.917. The predicted molar refractivity (Wildman–Crippen MR) is 135 cm³/mol. The van der Waals surface area contributed by atoms with Crippen LogP contribution in [0.4, 0.5) is 18.9 Å². The highest BCUT2D eigenvalue weighted by Gasteiger charge is 2.56. The number of amidine groups is 1. The number of fused-ring (bicyclic) bond motifs is 1. The van der Waals surface area contributed by atoms with Crippen molar-refractivity contribution in [2.24, 2.45) is 10.9 Å². The first-order valence-corrected chi connectivity index (χ1v) is 16.0. The van der Waals surface area contributed by atoms with E-state index >= 15 is 0 Å². The molecular weight excluding hydrogens is 568 g/mol. The van der Waals surface area contributed by atoms with Gasteiger partial charge in [0.05, 0.1) is 29.3 Å². The van der Waals surface area contributed by atoms with Gasteiger partial charge in [-0.3, -0.25) is 9.69 Å². The lowest BCUT2D eigenvalue weighted by Crippen LogP contribution is -2.69. The molecule has 0 spiro atoms. The Bertz CT molecular complexity index is 887. The van der Waals surface area contributed by atoms with Crippen molar-refractivity contribution in [1.82, 2.24) is 4.90 Å². The van der Waals surface area contributed by atoms with E-state index in [1.165, 1.54) is 23.9 Å². The molecule has 2 saturated heterocycles. The molecule has 2 aliphatic heterocycles. The number of thioether (sulfide) groups is 1. The molecule has 2 fully saturated rings. The first kappa shape index (κ1) is 26.0. The molecule has 0 radical (unpaired) electrons. The zero-order valence-electron chi connectivity index (χ0n) is 19.2. The van der Waals surface area contributed by atoms with E-state index < -0.39 is 20.1 Å². The van der Waals surface area contributed by atoms with E-state index in [9.17, 15) is 18.0 Å². The molecule has 3 rings (SSSR count). The number of hydrogen-bond donors (Lipinski definition) is 0. The van der Waals surface area contributed by atoms with Gasteiger partial charge in [0, 0.05) is 9.68 Å². The van der Waals surface area contributed by atoms with Gasteiger partial charge in [0.1, 0.15) is 0 Å². The van der Waals surface area contributed by atoms with E-state index in [0.29, 0.717) is 16.1 Å². The predicted octanol–water partition coefficient (Wildman–Crippen LogP) is 6.87.